The Bertz CT molecular complexity index is 540. The third-order valence-electron chi connectivity index (χ3n) is 2.93. The molecule has 0 aromatic heterocycles. The Balaban J connectivity index is 2.28. The van der Waals surface area contributed by atoms with E-state index in [0.717, 1.165) is 4.90 Å². The molecule has 1 amide bonds. The van der Waals surface area contributed by atoms with Gasteiger partial charge >= 0.3 is 0 Å². The van der Waals surface area contributed by atoms with Gasteiger partial charge in [-0.15, -0.1) is 0 Å². The summed E-state index contributed by atoms with van der Waals surface area (Å²) in [5.74, 6) is -1.88. The Morgan fingerprint density at radius 2 is 2.00 bits per heavy atom. The van der Waals surface area contributed by atoms with Crippen molar-refractivity contribution in [3.63, 3.8) is 0 Å². The van der Waals surface area contributed by atoms with Crippen molar-refractivity contribution in [2.24, 2.45) is 0 Å². The highest BCUT2D eigenvalue weighted by Crippen LogP contribution is 2.32. The first kappa shape index (κ1) is 13.7. The van der Waals surface area contributed by atoms with Crippen LogP contribution in [0.25, 0.3) is 0 Å². The Labute approximate surface area is 111 Å². The van der Waals surface area contributed by atoms with Crippen molar-refractivity contribution >= 4 is 17.4 Å². The van der Waals surface area contributed by atoms with Gasteiger partial charge < -0.3 is 4.74 Å². The molecule has 0 fully saturated rings. The van der Waals surface area contributed by atoms with Crippen LogP contribution in [0.5, 0.6) is 0 Å². The second kappa shape index (κ2) is 5.09. The number of benzene rings is 1. The quantitative estimate of drug-likeness (QED) is 0.783. The van der Waals surface area contributed by atoms with Gasteiger partial charge in [-0.3, -0.25) is 14.5 Å². The van der Waals surface area contributed by atoms with E-state index in [0.29, 0.717) is 5.56 Å². The van der Waals surface area contributed by atoms with Gasteiger partial charge in [0, 0.05) is 6.54 Å². The van der Waals surface area contributed by atoms with E-state index in [9.17, 15) is 14.0 Å². The average molecular weight is 265 g/mol. The zero-order valence-electron chi connectivity index (χ0n) is 11.2. The molecule has 0 unspecified atom stereocenters. The molecule has 0 aliphatic carbocycles. The van der Waals surface area contributed by atoms with Crippen LogP contribution in [0.1, 0.15) is 29.8 Å². The number of ketones is 1. The van der Waals surface area contributed by atoms with Gasteiger partial charge in [0.25, 0.3) is 11.7 Å². The number of hydrogen-bond donors (Lipinski definition) is 0. The number of aryl methyl sites for hydroxylation is 1. The summed E-state index contributed by atoms with van der Waals surface area (Å²) in [6.45, 7) is 5.87. The molecular weight excluding hydrogens is 249 g/mol. The van der Waals surface area contributed by atoms with E-state index >= 15 is 0 Å². The predicted octanol–water partition coefficient (Wildman–Crippen LogP) is 2.09. The van der Waals surface area contributed by atoms with Crippen LogP contribution in [0.2, 0.25) is 0 Å². The molecule has 1 aliphatic heterocycles. The van der Waals surface area contributed by atoms with Crippen molar-refractivity contribution in [2.45, 2.75) is 26.9 Å². The molecular formula is C14H16FNO3. The number of Topliss-reactive ketones (excluding diaryl/α,β-unsaturated/α-hetero) is 1. The molecule has 1 aromatic carbocycles. The molecule has 102 valence electrons. The minimum Gasteiger partial charge on any atom is -0.377 e. The van der Waals surface area contributed by atoms with Gasteiger partial charge in [0.15, 0.2) is 0 Å². The third kappa shape index (κ3) is 2.51. The first-order valence-corrected chi connectivity index (χ1v) is 6.19. The van der Waals surface area contributed by atoms with Gasteiger partial charge in [0.05, 0.1) is 24.0 Å². The number of halogens is 1. The van der Waals surface area contributed by atoms with E-state index in [2.05, 4.69) is 0 Å². The zero-order chi connectivity index (χ0) is 14.2. The van der Waals surface area contributed by atoms with Crippen molar-refractivity contribution in [3.8, 4) is 0 Å². The SMILES string of the molecule is Cc1cc(F)c2c(c1)C(=O)C(=O)N2CCOC(C)C. The van der Waals surface area contributed by atoms with Crippen LogP contribution in [-0.4, -0.2) is 30.9 Å². The van der Waals surface area contributed by atoms with Crippen LogP contribution in [0.3, 0.4) is 0 Å². The number of carbonyl (C=O) groups excluding carboxylic acids is 2. The number of ether oxygens (including phenoxy) is 1. The molecule has 0 saturated carbocycles. The lowest BCUT2D eigenvalue weighted by atomic mass is 10.1. The molecule has 1 aliphatic rings. The van der Waals surface area contributed by atoms with Gasteiger partial charge in [0.1, 0.15) is 5.82 Å². The van der Waals surface area contributed by atoms with Crippen molar-refractivity contribution < 1.29 is 18.7 Å². The van der Waals surface area contributed by atoms with Crippen LogP contribution in [0.15, 0.2) is 12.1 Å². The summed E-state index contributed by atoms with van der Waals surface area (Å²) in [4.78, 5) is 24.8. The highest BCUT2D eigenvalue weighted by Gasteiger charge is 2.38. The molecule has 0 bridgehead atoms. The number of hydrogen-bond acceptors (Lipinski definition) is 3. The second-order valence-electron chi connectivity index (χ2n) is 4.85. The molecule has 1 aromatic rings. The second-order valence-corrected chi connectivity index (χ2v) is 4.85. The predicted molar refractivity (Wildman–Crippen MR) is 68.9 cm³/mol. The van der Waals surface area contributed by atoms with Gasteiger partial charge in [-0.05, 0) is 38.5 Å². The highest BCUT2D eigenvalue weighted by molar-refractivity contribution is 6.52. The molecule has 5 heteroatoms. The summed E-state index contributed by atoms with van der Waals surface area (Å²) in [5, 5.41) is 0. The van der Waals surface area contributed by atoms with Crippen LogP contribution in [-0.2, 0) is 9.53 Å². The maximum atomic E-state index is 13.9. The minimum atomic E-state index is -0.688. The van der Waals surface area contributed by atoms with E-state index in [1.165, 1.54) is 6.07 Å². The summed E-state index contributed by atoms with van der Waals surface area (Å²) in [7, 11) is 0. The summed E-state index contributed by atoms with van der Waals surface area (Å²) < 4.78 is 19.3. The summed E-state index contributed by atoms with van der Waals surface area (Å²) in [5.41, 5.74) is 0.845. The monoisotopic (exact) mass is 265 g/mol. The number of carbonyl (C=O) groups is 2. The van der Waals surface area contributed by atoms with E-state index in [1.54, 1.807) is 13.0 Å². The lowest BCUT2D eigenvalue weighted by Gasteiger charge is -2.18. The lowest BCUT2D eigenvalue weighted by Crippen LogP contribution is -2.33. The fraction of sp³-hybridized carbons (Fsp3) is 0.429. The molecule has 0 radical (unpaired) electrons. The average Bonchev–Trinajstić information content (AvgIpc) is 2.54. The maximum absolute atomic E-state index is 13.9. The van der Waals surface area contributed by atoms with Crippen molar-refractivity contribution in [3.05, 3.63) is 29.1 Å². The Hall–Kier alpha value is -1.75. The maximum Gasteiger partial charge on any atom is 0.299 e. The fourth-order valence-electron chi connectivity index (χ4n) is 2.11. The lowest BCUT2D eigenvalue weighted by molar-refractivity contribution is -0.114. The van der Waals surface area contributed by atoms with E-state index in [1.807, 2.05) is 13.8 Å². The Morgan fingerprint density at radius 3 is 2.63 bits per heavy atom. The molecule has 19 heavy (non-hydrogen) atoms. The van der Waals surface area contributed by atoms with Gasteiger partial charge in [-0.1, -0.05) is 0 Å². The molecule has 0 spiro atoms. The molecule has 0 N–H and O–H groups in total. The van der Waals surface area contributed by atoms with Crippen molar-refractivity contribution in [2.75, 3.05) is 18.1 Å². The van der Waals surface area contributed by atoms with Crippen LogP contribution >= 0.6 is 0 Å². The summed E-state index contributed by atoms with van der Waals surface area (Å²) in [6.07, 6.45) is 0.0238. The minimum absolute atomic E-state index is 0.0238. The smallest absolute Gasteiger partial charge is 0.299 e. The van der Waals surface area contributed by atoms with Crippen LogP contribution < -0.4 is 4.90 Å². The normalized spacial score (nSPS) is 14.5. The van der Waals surface area contributed by atoms with E-state index < -0.39 is 17.5 Å². The number of rotatable bonds is 4. The number of anilines is 1. The number of fused-ring (bicyclic) bond motifs is 1. The van der Waals surface area contributed by atoms with Gasteiger partial charge in [-0.25, -0.2) is 4.39 Å². The van der Waals surface area contributed by atoms with Gasteiger partial charge in [-0.2, -0.15) is 0 Å². The van der Waals surface area contributed by atoms with E-state index in [4.69, 9.17) is 4.74 Å². The van der Waals surface area contributed by atoms with Crippen LogP contribution in [0, 0.1) is 12.7 Å². The van der Waals surface area contributed by atoms with Gasteiger partial charge in [0.2, 0.25) is 0 Å². The first-order chi connectivity index (χ1) is 8.91. The molecule has 4 nitrogen and oxygen atoms in total. The molecule has 0 atom stereocenters. The number of nitrogens with zero attached hydrogens (tertiary/aromatic N) is 1. The Kier molecular flexibility index (Phi) is 3.66. The topological polar surface area (TPSA) is 46.6 Å². The van der Waals surface area contributed by atoms with Crippen molar-refractivity contribution in [1.29, 1.82) is 0 Å². The standard InChI is InChI=1S/C14H16FNO3/c1-8(2)19-5-4-16-12-10(13(17)14(16)18)6-9(3)7-11(12)15/h6-8H,4-5H2,1-3H3. The van der Waals surface area contributed by atoms with Crippen molar-refractivity contribution in [1.82, 2.24) is 0 Å². The van der Waals surface area contributed by atoms with Crippen LogP contribution in [0.4, 0.5) is 10.1 Å². The van der Waals surface area contributed by atoms with E-state index in [-0.39, 0.29) is 30.5 Å². The summed E-state index contributed by atoms with van der Waals surface area (Å²) >= 11 is 0. The fourth-order valence-corrected chi connectivity index (χ4v) is 2.11. The zero-order valence-corrected chi connectivity index (χ0v) is 11.2. The first-order valence-electron chi connectivity index (χ1n) is 6.19. The molecule has 0 saturated heterocycles. The third-order valence-corrected chi connectivity index (χ3v) is 2.93. The molecule has 2 rings (SSSR count). The molecule has 1 heterocycles. The highest BCUT2D eigenvalue weighted by atomic mass is 19.1. The largest absolute Gasteiger partial charge is 0.377 e. The summed E-state index contributed by atoms with van der Waals surface area (Å²) in [6, 6.07) is 2.86. The Morgan fingerprint density at radius 1 is 1.32 bits per heavy atom. The number of amides is 1.